The lowest BCUT2D eigenvalue weighted by Gasteiger charge is -2.11. The number of hydrogen-bond acceptors (Lipinski definition) is 5. The van der Waals surface area contributed by atoms with Gasteiger partial charge in [0.2, 0.25) is 5.91 Å². The summed E-state index contributed by atoms with van der Waals surface area (Å²) in [5.41, 5.74) is 3.25. The first-order chi connectivity index (χ1) is 13.5. The molecule has 1 atom stereocenters. The predicted molar refractivity (Wildman–Crippen MR) is 104 cm³/mol. The SMILES string of the molecule is Cc1ccc2cc(C)c3nn(CCNC(=O)[C@H](C)n4cncn4)c(=O)n3c2c1. The quantitative estimate of drug-likeness (QED) is 0.562. The van der Waals surface area contributed by atoms with E-state index in [9.17, 15) is 9.59 Å². The lowest BCUT2D eigenvalue weighted by atomic mass is 10.1. The van der Waals surface area contributed by atoms with Crippen molar-refractivity contribution in [1.82, 2.24) is 34.3 Å². The summed E-state index contributed by atoms with van der Waals surface area (Å²) < 4.78 is 4.51. The van der Waals surface area contributed by atoms with E-state index in [-0.39, 0.29) is 24.7 Å². The van der Waals surface area contributed by atoms with Gasteiger partial charge >= 0.3 is 5.69 Å². The number of rotatable bonds is 5. The number of fused-ring (bicyclic) bond motifs is 3. The molecule has 4 aromatic rings. The van der Waals surface area contributed by atoms with Crippen molar-refractivity contribution in [2.24, 2.45) is 0 Å². The van der Waals surface area contributed by atoms with Crippen LogP contribution in [0.2, 0.25) is 0 Å². The zero-order valence-corrected chi connectivity index (χ0v) is 16.0. The summed E-state index contributed by atoms with van der Waals surface area (Å²) in [5, 5.41) is 12.2. The van der Waals surface area contributed by atoms with Gasteiger partial charge < -0.3 is 5.32 Å². The van der Waals surface area contributed by atoms with Crippen LogP contribution in [0.25, 0.3) is 16.6 Å². The number of hydrogen-bond donors (Lipinski definition) is 1. The summed E-state index contributed by atoms with van der Waals surface area (Å²) in [6, 6.07) is 7.57. The second kappa shape index (κ2) is 6.91. The van der Waals surface area contributed by atoms with E-state index in [1.807, 2.05) is 38.1 Å². The molecule has 0 bridgehead atoms. The van der Waals surface area contributed by atoms with Gasteiger partial charge in [0.05, 0.1) is 12.1 Å². The Bertz CT molecular complexity index is 1220. The van der Waals surface area contributed by atoms with Crippen LogP contribution in [0.15, 0.2) is 41.7 Å². The molecule has 1 aromatic carbocycles. The highest BCUT2D eigenvalue weighted by atomic mass is 16.2. The number of nitrogens with one attached hydrogen (secondary N) is 1. The Labute approximate surface area is 160 Å². The third-order valence-corrected chi connectivity index (χ3v) is 4.83. The van der Waals surface area contributed by atoms with Crippen molar-refractivity contribution in [3.8, 4) is 0 Å². The van der Waals surface area contributed by atoms with Gasteiger partial charge in [0, 0.05) is 6.54 Å². The summed E-state index contributed by atoms with van der Waals surface area (Å²) >= 11 is 0. The van der Waals surface area contributed by atoms with Crippen LogP contribution < -0.4 is 11.0 Å². The van der Waals surface area contributed by atoms with Crippen molar-refractivity contribution < 1.29 is 4.79 Å². The molecule has 0 aliphatic heterocycles. The smallest absolute Gasteiger partial charge is 0.350 e. The zero-order valence-electron chi connectivity index (χ0n) is 16.0. The molecule has 0 unspecified atom stereocenters. The molecule has 3 heterocycles. The normalized spacial score (nSPS) is 12.5. The summed E-state index contributed by atoms with van der Waals surface area (Å²) in [6.45, 7) is 6.24. The highest BCUT2D eigenvalue weighted by molar-refractivity contribution is 5.84. The molecule has 9 heteroatoms. The highest BCUT2D eigenvalue weighted by Crippen LogP contribution is 2.19. The average molecular weight is 379 g/mol. The van der Waals surface area contributed by atoms with Crippen LogP contribution in [0.5, 0.6) is 0 Å². The molecule has 0 aliphatic carbocycles. The number of pyridine rings is 1. The minimum atomic E-state index is -0.477. The number of carbonyl (C=O) groups excluding carboxylic acids is 1. The van der Waals surface area contributed by atoms with E-state index in [0.29, 0.717) is 5.65 Å². The van der Waals surface area contributed by atoms with Gasteiger partial charge in [-0.15, -0.1) is 5.10 Å². The first-order valence-electron chi connectivity index (χ1n) is 9.07. The maximum Gasteiger partial charge on any atom is 0.350 e. The second-order valence-corrected chi connectivity index (χ2v) is 6.90. The number of benzene rings is 1. The Morgan fingerprint density at radius 2 is 2.07 bits per heavy atom. The number of aryl methyl sites for hydroxylation is 2. The van der Waals surface area contributed by atoms with E-state index in [1.165, 1.54) is 22.0 Å². The lowest BCUT2D eigenvalue weighted by Crippen LogP contribution is -2.35. The molecule has 9 nitrogen and oxygen atoms in total. The molecule has 0 fully saturated rings. The largest absolute Gasteiger partial charge is 0.352 e. The molecular formula is C19H21N7O2. The third kappa shape index (κ3) is 3.04. The van der Waals surface area contributed by atoms with Gasteiger partial charge in [-0.25, -0.2) is 23.5 Å². The third-order valence-electron chi connectivity index (χ3n) is 4.83. The molecule has 1 N–H and O–H groups in total. The molecule has 1 amide bonds. The first-order valence-corrected chi connectivity index (χ1v) is 9.07. The summed E-state index contributed by atoms with van der Waals surface area (Å²) in [6.07, 6.45) is 2.88. The monoisotopic (exact) mass is 379 g/mol. The van der Waals surface area contributed by atoms with Crippen LogP contribution in [0.1, 0.15) is 24.1 Å². The standard InChI is InChI=1S/C19H21N7O2/c1-12-4-5-15-9-13(2)17-23-24(19(28)26(17)16(15)8-12)7-6-21-18(27)14(3)25-11-20-10-22-25/h4-5,8-11,14H,6-7H2,1-3H3,(H,21,27)/t14-/m0/s1. The van der Waals surface area contributed by atoms with E-state index < -0.39 is 6.04 Å². The molecule has 0 spiro atoms. The van der Waals surface area contributed by atoms with Gasteiger partial charge in [-0.2, -0.15) is 5.10 Å². The minimum Gasteiger partial charge on any atom is -0.352 e. The zero-order chi connectivity index (χ0) is 19.8. The second-order valence-electron chi connectivity index (χ2n) is 6.90. The molecule has 3 aromatic heterocycles. The number of carbonyl (C=O) groups is 1. The summed E-state index contributed by atoms with van der Waals surface area (Å²) in [7, 11) is 0. The van der Waals surface area contributed by atoms with Crippen LogP contribution in [-0.4, -0.2) is 41.4 Å². The average Bonchev–Trinajstić information content (AvgIpc) is 3.31. The fourth-order valence-electron chi connectivity index (χ4n) is 3.26. The summed E-state index contributed by atoms with van der Waals surface area (Å²) in [4.78, 5) is 29.0. The molecule has 0 radical (unpaired) electrons. The van der Waals surface area contributed by atoms with E-state index in [4.69, 9.17) is 0 Å². The van der Waals surface area contributed by atoms with Crippen LogP contribution in [0, 0.1) is 13.8 Å². The Hall–Kier alpha value is -3.49. The first kappa shape index (κ1) is 17.9. The molecular weight excluding hydrogens is 358 g/mol. The van der Waals surface area contributed by atoms with Gasteiger partial charge in [0.1, 0.15) is 18.7 Å². The number of aromatic nitrogens is 6. The fourth-order valence-corrected chi connectivity index (χ4v) is 3.26. The van der Waals surface area contributed by atoms with E-state index in [1.54, 1.807) is 11.3 Å². The Morgan fingerprint density at radius 1 is 1.25 bits per heavy atom. The van der Waals surface area contributed by atoms with Gasteiger partial charge in [0.15, 0.2) is 5.65 Å². The van der Waals surface area contributed by atoms with E-state index in [0.717, 1.165) is 22.0 Å². The van der Waals surface area contributed by atoms with Gasteiger partial charge in [0.25, 0.3) is 0 Å². The highest BCUT2D eigenvalue weighted by Gasteiger charge is 2.16. The van der Waals surface area contributed by atoms with Crippen LogP contribution >= 0.6 is 0 Å². The van der Waals surface area contributed by atoms with Crippen molar-refractivity contribution in [3.05, 3.63) is 58.5 Å². The predicted octanol–water partition coefficient (Wildman–Crippen LogP) is 1.23. The Morgan fingerprint density at radius 3 is 2.82 bits per heavy atom. The van der Waals surface area contributed by atoms with Crippen molar-refractivity contribution >= 4 is 22.5 Å². The fraction of sp³-hybridized carbons (Fsp3) is 0.316. The van der Waals surface area contributed by atoms with Crippen LogP contribution in [-0.2, 0) is 11.3 Å². The molecule has 28 heavy (non-hydrogen) atoms. The van der Waals surface area contributed by atoms with Gasteiger partial charge in [-0.3, -0.25) is 4.79 Å². The molecule has 0 aliphatic rings. The van der Waals surface area contributed by atoms with Crippen molar-refractivity contribution in [2.45, 2.75) is 33.4 Å². The Kier molecular flexibility index (Phi) is 4.42. The van der Waals surface area contributed by atoms with E-state index in [2.05, 4.69) is 20.5 Å². The van der Waals surface area contributed by atoms with Crippen molar-refractivity contribution in [2.75, 3.05) is 6.54 Å². The number of nitrogens with zero attached hydrogens (tertiary/aromatic N) is 6. The summed E-state index contributed by atoms with van der Waals surface area (Å²) in [5.74, 6) is -0.195. The van der Waals surface area contributed by atoms with E-state index >= 15 is 0 Å². The number of amides is 1. The molecule has 144 valence electrons. The minimum absolute atomic E-state index is 0.195. The van der Waals surface area contributed by atoms with Gasteiger partial charge in [-0.1, -0.05) is 12.1 Å². The maximum absolute atomic E-state index is 12.9. The van der Waals surface area contributed by atoms with Crippen molar-refractivity contribution in [3.63, 3.8) is 0 Å². The Balaban J connectivity index is 1.58. The molecule has 0 saturated carbocycles. The van der Waals surface area contributed by atoms with Crippen LogP contribution in [0.3, 0.4) is 0 Å². The van der Waals surface area contributed by atoms with Crippen molar-refractivity contribution in [1.29, 1.82) is 0 Å². The maximum atomic E-state index is 12.9. The lowest BCUT2D eigenvalue weighted by molar-refractivity contribution is -0.124. The van der Waals surface area contributed by atoms with Gasteiger partial charge in [-0.05, 0) is 49.4 Å². The molecule has 4 rings (SSSR count). The molecule has 0 saturated heterocycles. The topological polar surface area (TPSA) is 99.1 Å². The van der Waals surface area contributed by atoms with Crippen LogP contribution in [0.4, 0.5) is 0 Å².